The third-order valence-electron chi connectivity index (χ3n) is 6.44. The number of aliphatic hydroxyl groups is 1. The molecule has 0 radical (unpaired) electrons. The number of ether oxygens (including phenoxy) is 1. The number of allylic oxidation sites excluding steroid dienone is 1. The number of carbonyl (C=O) groups is 2. The highest BCUT2D eigenvalue weighted by Gasteiger charge is 2.58. The number of para-hydroxylation sites is 1. The lowest BCUT2D eigenvalue weighted by Crippen LogP contribution is -2.60. The van der Waals surface area contributed by atoms with Gasteiger partial charge in [0.2, 0.25) is 5.91 Å². The van der Waals surface area contributed by atoms with Crippen LogP contribution in [-0.4, -0.2) is 46.1 Å². The Morgan fingerprint density at radius 2 is 2.11 bits per heavy atom. The second-order valence-corrected chi connectivity index (χ2v) is 7.67. The van der Waals surface area contributed by atoms with Gasteiger partial charge in [0.05, 0.1) is 25.2 Å². The summed E-state index contributed by atoms with van der Waals surface area (Å²) in [5.41, 5.74) is 1.73. The Hall–Kier alpha value is -2.60. The van der Waals surface area contributed by atoms with E-state index in [9.17, 15) is 14.7 Å². The normalized spacial score (nSPS) is 29.6. The van der Waals surface area contributed by atoms with Crippen molar-refractivity contribution in [3.05, 3.63) is 47.7 Å². The van der Waals surface area contributed by atoms with Crippen molar-refractivity contribution in [2.24, 2.45) is 0 Å². The van der Waals surface area contributed by atoms with E-state index < -0.39 is 11.6 Å². The van der Waals surface area contributed by atoms with Crippen molar-refractivity contribution in [2.75, 3.05) is 13.7 Å². The van der Waals surface area contributed by atoms with Gasteiger partial charge in [-0.1, -0.05) is 24.3 Å². The molecular weight excluding hydrogens is 344 g/mol. The maximum atomic E-state index is 13.3. The van der Waals surface area contributed by atoms with E-state index in [4.69, 9.17) is 4.74 Å². The molecule has 0 saturated carbocycles. The molecule has 0 spiro atoms. The predicted molar refractivity (Wildman–Crippen MR) is 98.9 cm³/mol. The maximum absolute atomic E-state index is 13.3. The first-order valence-corrected chi connectivity index (χ1v) is 9.43. The Morgan fingerprint density at radius 3 is 2.93 bits per heavy atom. The van der Waals surface area contributed by atoms with Gasteiger partial charge in [-0.2, -0.15) is 0 Å². The molecule has 1 saturated heterocycles. The molecule has 0 bridgehead atoms. The summed E-state index contributed by atoms with van der Waals surface area (Å²) in [4.78, 5) is 27.8. The van der Waals surface area contributed by atoms with Gasteiger partial charge in [-0.25, -0.2) is 0 Å². The van der Waals surface area contributed by atoms with E-state index in [2.05, 4.69) is 6.08 Å². The van der Waals surface area contributed by atoms with Crippen LogP contribution in [0.4, 0.5) is 0 Å². The summed E-state index contributed by atoms with van der Waals surface area (Å²) in [6.07, 6.45) is 3.64. The molecule has 2 aliphatic heterocycles. The number of aliphatic hydroxyl groups excluding tert-OH is 1. The molecule has 140 valence electrons. The molecule has 1 amide bonds. The average molecular weight is 366 g/mol. The van der Waals surface area contributed by atoms with E-state index in [0.29, 0.717) is 19.3 Å². The molecule has 1 fully saturated rings. The number of hydrogen-bond donors (Lipinski definition) is 1. The van der Waals surface area contributed by atoms with Gasteiger partial charge in [-0.3, -0.25) is 9.59 Å². The number of benzene rings is 1. The Bertz CT molecular complexity index is 991. The highest BCUT2D eigenvalue weighted by atomic mass is 16.5. The van der Waals surface area contributed by atoms with Gasteiger partial charge in [-0.05, 0) is 42.4 Å². The molecule has 1 unspecified atom stereocenters. The lowest BCUT2D eigenvalue weighted by atomic mass is 9.65. The minimum atomic E-state index is -0.995. The van der Waals surface area contributed by atoms with Gasteiger partial charge in [-0.15, -0.1) is 0 Å². The zero-order valence-electron chi connectivity index (χ0n) is 15.2. The highest BCUT2D eigenvalue weighted by molar-refractivity contribution is 5.92. The fourth-order valence-electron chi connectivity index (χ4n) is 5.37. The fourth-order valence-corrected chi connectivity index (χ4v) is 5.37. The second-order valence-electron chi connectivity index (χ2n) is 7.67. The zero-order chi connectivity index (χ0) is 18.8. The van der Waals surface area contributed by atoms with Crippen molar-refractivity contribution in [1.29, 1.82) is 0 Å². The number of hydrogen-bond acceptors (Lipinski definition) is 4. The standard InChI is InChI=1S/C21H22N2O4/c1-27-20(26)21-10-4-6-13-8-9-17(24)22(19(13)21)12-18(25)23-15-7-3-2-5-14(15)11-16(21)23/h2-3,5-7,11,18-19,25H,4,8-10,12H2,1H3/t18?,19-,21-/m0/s1. The van der Waals surface area contributed by atoms with E-state index in [1.54, 1.807) is 4.90 Å². The minimum absolute atomic E-state index is 0.0126. The van der Waals surface area contributed by atoms with Gasteiger partial charge in [0.25, 0.3) is 0 Å². The van der Waals surface area contributed by atoms with E-state index in [0.717, 1.165) is 28.6 Å². The molecule has 1 aromatic carbocycles. The molecule has 1 aliphatic carbocycles. The minimum Gasteiger partial charge on any atom is -0.468 e. The van der Waals surface area contributed by atoms with Crippen LogP contribution in [-0.2, 0) is 19.7 Å². The number of carbonyl (C=O) groups excluding carboxylic acids is 2. The molecule has 27 heavy (non-hydrogen) atoms. The Labute approximate surface area is 157 Å². The van der Waals surface area contributed by atoms with Crippen LogP contribution in [0.3, 0.4) is 0 Å². The molecule has 2 aromatic rings. The van der Waals surface area contributed by atoms with Crippen LogP contribution in [0.25, 0.3) is 10.9 Å². The van der Waals surface area contributed by atoms with E-state index in [1.165, 1.54) is 7.11 Å². The maximum Gasteiger partial charge on any atom is 0.320 e. The molecule has 3 heterocycles. The molecule has 1 aromatic heterocycles. The van der Waals surface area contributed by atoms with Crippen LogP contribution in [0.1, 0.15) is 37.6 Å². The number of aromatic nitrogens is 1. The van der Waals surface area contributed by atoms with Gasteiger partial charge < -0.3 is 19.3 Å². The third kappa shape index (κ3) is 2.04. The van der Waals surface area contributed by atoms with E-state index in [-0.39, 0.29) is 24.5 Å². The SMILES string of the molecule is COC(=O)[C@@]12CCC=C3CCC(=O)N(CC(O)n4c1cc1ccccc14)[C@@H]32. The summed E-state index contributed by atoms with van der Waals surface area (Å²) in [5.74, 6) is -0.350. The summed E-state index contributed by atoms with van der Waals surface area (Å²) in [6, 6.07) is 9.39. The van der Waals surface area contributed by atoms with Crippen LogP contribution in [0, 0.1) is 0 Å². The van der Waals surface area contributed by atoms with E-state index in [1.807, 2.05) is 34.9 Å². The molecule has 1 N–H and O–H groups in total. The summed E-state index contributed by atoms with van der Waals surface area (Å²) < 4.78 is 7.13. The van der Waals surface area contributed by atoms with Crippen LogP contribution in [0.2, 0.25) is 0 Å². The second kappa shape index (κ2) is 5.70. The molecule has 6 nitrogen and oxygen atoms in total. The summed E-state index contributed by atoms with van der Waals surface area (Å²) in [6.45, 7) is 0.172. The Kier molecular flexibility index (Phi) is 3.49. The summed E-state index contributed by atoms with van der Waals surface area (Å²) in [5, 5.41) is 12.0. The first kappa shape index (κ1) is 16.6. The lowest BCUT2D eigenvalue weighted by molar-refractivity contribution is -0.154. The molecule has 3 atom stereocenters. The van der Waals surface area contributed by atoms with Crippen LogP contribution < -0.4 is 0 Å². The Balaban J connectivity index is 1.87. The average Bonchev–Trinajstić information content (AvgIpc) is 3.04. The third-order valence-corrected chi connectivity index (χ3v) is 6.44. The van der Waals surface area contributed by atoms with Crippen molar-refractivity contribution in [3.63, 3.8) is 0 Å². The lowest BCUT2D eigenvalue weighted by Gasteiger charge is -2.48. The molecular formula is C21H22N2O4. The van der Waals surface area contributed by atoms with Crippen LogP contribution in [0.5, 0.6) is 0 Å². The topological polar surface area (TPSA) is 71.8 Å². The predicted octanol–water partition coefficient (Wildman–Crippen LogP) is 2.27. The van der Waals surface area contributed by atoms with E-state index >= 15 is 0 Å². The number of nitrogens with zero attached hydrogens (tertiary/aromatic N) is 2. The van der Waals surface area contributed by atoms with Gasteiger partial charge in [0.1, 0.15) is 11.6 Å². The fraction of sp³-hybridized carbons (Fsp3) is 0.429. The van der Waals surface area contributed by atoms with Gasteiger partial charge in [0.15, 0.2) is 0 Å². The van der Waals surface area contributed by atoms with Crippen LogP contribution >= 0.6 is 0 Å². The molecule has 6 heteroatoms. The summed E-state index contributed by atoms with van der Waals surface area (Å²) in [7, 11) is 1.40. The smallest absolute Gasteiger partial charge is 0.320 e. The number of amides is 1. The number of fused-ring (bicyclic) bond motifs is 4. The number of methoxy groups -OCH3 is 1. The van der Waals surface area contributed by atoms with Gasteiger partial charge >= 0.3 is 5.97 Å². The summed E-state index contributed by atoms with van der Waals surface area (Å²) >= 11 is 0. The Morgan fingerprint density at radius 1 is 1.30 bits per heavy atom. The number of piperidine rings is 1. The quantitative estimate of drug-likeness (QED) is 0.621. The molecule has 5 rings (SSSR count). The van der Waals surface area contributed by atoms with Crippen molar-refractivity contribution < 1.29 is 19.4 Å². The molecule has 3 aliphatic rings. The van der Waals surface area contributed by atoms with Crippen molar-refractivity contribution in [3.8, 4) is 0 Å². The largest absolute Gasteiger partial charge is 0.468 e. The van der Waals surface area contributed by atoms with Crippen molar-refractivity contribution >= 4 is 22.8 Å². The highest BCUT2D eigenvalue weighted by Crippen LogP contribution is 2.50. The van der Waals surface area contributed by atoms with Gasteiger partial charge in [0, 0.05) is 12.1 Å². The number of rotatable bonds is 1. The first-order valence-electron chi connectivity index (χ1n) is 9.43. The zero-order valence-corrected chi connectivity index (χ0v) is 15.2. The monoisotopic (exact) mass is 366 g/mol. The van der Waals surface area contributed by atoms with Crippen molar-refractivity contribution in [1.82, 2.24) is 9.47 Å². The number of esters is 1. The first-order chi connectivity index (χ1) is 13.1. The van der Waals surface area contributed by atoms with Crippen molar-refractivity contribution in [2.45, 2.75) is 43.4 Å². The van der Waals surface area contributed by atoms with Crippen LogP contribution in [0.15, 0.2) is 42.0 Å².